The van der Waals surface area contributed by atoms with Gasteiger partial charge in [0, 0.05) is 18.1 Å². The summed E-state index contributed by atoms with van der Waals surface area (Å²) in [5.41, 5.74) is 0. The highest BCUT2D eigenvalue weighted by Crippen LogP contribution is 2.31. The summed E-state index contributed by atoms with van der Waals surface area (Å²) in [7, 11) is 2.40. The molecule has 2 fully saturated rings. The SMILES string of the molecule is CCCNC1CCCCC1N(C)C1CCC(C)CC1. The van der Waals surface area contributed by atoms with Crippen molar-refractivity contribution < 1.29 is 0 Å². The van der Waals surface area contributed by atoms with Crippen LogP contribution in [0, 0.1) is 5.92 Å². The van der Waals surface area contributed by atoms with E-state index in [2.05, 4.69) is 31.1 Å². The zero-order valence-corrected chi connectivity index (χ0v) is 13.3. The second kappa shape index (κ2) is 7.64. The zero-order valence-electron chi connectivity index (χ0n) is 13.3. The number of hydrogen-bond acceptors (Lipinski definition) is 2. The van der Waals surface area contributed by atoms with Crippen LogP contribution in [0.1, 0.15) is 71.6 Å². The van der Waals surface area contributed by atoms with Crippen LogP contribution in [0.2, 0.25) is 0 Å². The fourth-order valence-electron chi connectivity index (χ4n) is 4.09. The lowest BCUT2D eigenvalue weighted by Gasteiger charge is -2.44. The summed E-state index contributed by atoms with van der Waals surface area (Å²) >= 11 is 0. The topological polar surface area (TPSA) is 15.3 Å². The molecule has 0 aliphatic heterocycles. The van der Waals surface area contributed by atoms with Crippen LogP contribution >= 0.6 is 0 Å². The van der Waals surface area contributed by atoms with Crippen molar-refractivity contribution in [2.24, 2.45) is 5.92 Å². The van der Waals surface area contributed by atoms with Crippen LogP contribution < -0.4 is 5.32 Å². The summed E-state index contributed by atoms with van der Waals surface area (Å²) in [6, 6.07) is 2.39. The maximum absolute atomic E-state index is 3.81. The number of nitrogens with one attached hydrogen (secondary N) is 1. The van der Waals surface area contributed by atoms with Gasteiger partial charge in [-0.05, 0) is 64.5 Å². The molecule has 0 amide bonds. The lowest BCUT2D eigenvalue weighted by atomic mass is 9.83. The van der Waals surface area contributed by atoms with Crippen molar-refractivity contribution in [1.29, 1.82) is 0 Å². The van der Waals surface area contributed by atoms with E-state index in [9.17, 15) is 0 Å². The second-order valence-electron chi connectivity index (χ2n) is 6.99. The van der Waals surface area contributed by atoms with Gasteiger partial charge in [-0.15, -0.1) is 0 Å². The number of rotatable bonds is 5. The Hall–Kier alpha value is -0.0800. The Kier molecular flexibility index (Phi) is 6.15. The quantitative estimate of drug-likeness (QED) is 0.814. The average Bonchev–Trinajstić information content (AvgIpc) is 2.45. The minimum Gasteiger partial charge on any atom is -0.312 e. The van der Waals surface area contributed by atoms with Crippen molar-refractivity contribution in [3.63, 3.8) is 0 Å². The summed E-state index contributed by atoms with van der Waals surface area (Å²) in [4.78, 5) is 2.75. The van der Waals surface area contributed by atoms with Gasteiger partial charge in [-0.1, -0.05) is 26.7 Å². The first-order valence-corrected chi connectivity index (χ1v) is 8.67. The van der Waals surface area contributed by atoms with Gasteiger partial charge >= 0.3 is 0 Å². The molecule has 2 aliphatic rings. The van der Waals surface area contributed by atoms with Gasteiger partial charge in [0.15, 0.2) is 0 Å². The molecule has 2 atom stereocenters. The van der Waals surface area contributed by atoms with Crippen LogP contribution in [0.25, 0.3) is 0 Å². The smallest absolute Gasteiger partial charge is 0.0249 e. The summed E-state index contributed by atoms with van der Waals surface area (Å²) in [5, 5.41) is 3.81. The van der Waals surface area contributed by atoms with Crippen molar-refractivity contribution in [1.82, 2.24) is 10.2 Å². The normalized spacial score (nSPS) is 36.6. The Morgan fingerprint density at radius 1 is 1.00 bits per heavy atom. The first-order chi connectivity index (χ1) is 9.22. The summed E-state index contributed by atoms with van der Waals surface area (Å²) in [6.45, 7) is 5.89. The van der Waals surface area contributed by atoms with Gasteiger partial charge in [0.05, 0.1) is 0 Å². The van der Waals surface area contributed by atoms with E-state index in [-0.39, 0.29) is 0 Å². The van der Waals surface area contributed by atoms with E-state index in [4.69, 9.17) is 0 Å². The summed E-state index contributed by atoms with van der Waals surface area (Å²) < 4.78 is 0. The molecule has 0 saturated heterocycles. The van der Waals surface area contributed by atoms with E-state index in [1.807, 2.05) is 0 Å². The van der Waals surface area contributed by atoms with Gasteiger partial charge in [0.2, 0.25) is 0 Å². The third-order valence-electron chi connectivity index (χ3n) is 5.47. The van der Waals surface area contributed by atoms with Crippen LogP contribution in [0.4, 0.5) is 0 Å². The number of likely N-dealkylation sites (N-methyl/N-ethyl adjacent to an activating group) is 1. The van der Waals surface area contributed by atoms with Crippen LogP contribution in [0.3, 0.4) is 0 Å². The molecule has 2 saturated carbocycles. The van der Waals surface area contributed by atoms with Crippen LogP contribution in [-0.4, -0.2) is 36.6 Å². The van der Waals surface area contributed by atoms with E-state index in [1.54, 1.807) is 0 Å². The fourth-order valence-corrected chi connectivity index (χ4v) is 4.09. The largest absolute Gasteiger partial charge is 0.312 e. The molecule has 2 heteroatoms. The summed E-state index contributed by atoms with van der Waals surface area (Å²) in [6.07, 6.45) is 12.6. The van der Waals surface area contributed by atoms with Crippen LogP contribution in [0.5, 0.6) is 0 Å². The molecule has 0 aromatic carbocycles. The molecule has 2 aliphatic carbocycles. The molecule has 1 N–H and O–H groups in total. The maximum Gasteiger partial charge on any atom is 0.0249 e. The first-order valence-electron chi connectivity index (χ1n) is 8.67. The Morgan fingerprint density at radius 3 is 2.37 bits per heavy atom. The third-order valence-corrected chi connectivity index (χ3v) is 5.47. The Balaban J connectivity index is 1.89. The third kappa shape index (κ3) is 4.19. The van der Waals surface area contributed by atoms with Gasteiger partial charge in [-0.25, -0.2) is 0 Å². The number of nitrogens with zero attached hydrogens (tertiary/aromatic N) is 1. The van der Waals surface area contributed by atoms with E-state index >= 15 is 0 Å². The first kappa shape index (κ1) is 15.3. The van der Waals surface area contributed by atoms with E-state index < -0.39 is 0 Å². The fraction of sp³-hybridized carbons (Fsp3) is 1.00. The highest BCUT2D eigenvalue weighted by atomic mass is 15.2. The minimum absolute atomic E-state index is 0.748. The van der Waals surface area contributed by atoms with Gasteiger partial charge in [-0.2, -0.15) is 0 Å². The predicted octanol–water partition coefficient (Wildman–Crippen LogP) is 3.81. The Labute approximate surface area is 120 Å². The van der Waals surface area contributed by atoms with E-state index in [0.29, 0.717) is 0 Å². The van der Waals surface area contributed by atoms with Crippen molar-refractivity contribution >= 4 is 0 Å². The second-order valence-corrected chi connectivity index (χ2v) is 6.99. The summed E-state index contributed by atoms with van der Waals surface area (Å²) in [5.74, 6) is 0.963. The standard InChI is InChI=1S/C17H34N2/c1-4-13-18-16-7-5-6-8-17(16)19(3)15-11-9-14(2)10-12-15/h14-18H,4-13H2,1-3H3. The molecule has 2 nitrogen and oxygen atoms in total. The Bertz CT molecular complexity index is 246. The molecule has 0 bridgehead atoms. The van der Waals surface area contributed by atoms with Crippen molar-refractivity contribution in [2.75, 3.05) is 13.6 Å². The molecule has 0 aromatic heterocycles. The lowest BCUT2D eigenvalue weighted by molar-refractivity contribution is 0.0779. The zero-order chi connectivity index (χ0) is 13.7. The minimum atomic E-state index is 0.748. The molecule has 0 radical (unpaired) electrons. The van der Waals surface area contributed by atoms with Gasteiger partial charge in [0.25, 0.3) is 0 Å². The highest BCUT2D eigenvalue weighted by Gasteiger charge is 2.32. The van der Waals surface area contributed by atoms with E-state index in [1.165, 1.54) is 64.3 Å². The molecule has 112 valence electrons. The van der Waals surface area contributed by atoms with Crippen molar-refractivity contribution in [3.05, 3.63) is 0 Å². The molecule has 0 spiro atoms. The molecule has 2 rings (SSSR count). The maximum atomic E-state index is 3.81. The molecular weight excluding hydrogens is 232 g/mol. The molecule has 19 heavy (non-hydrogen) atoms. The Morgan fingerprint density at radius 2 is 1.68 bits per heavy atom. The van der Waals surface area contributed by atoms with Gasteiger partial charge in [0.1, 0.15) is 0 Å². The van der Waals surface area contributed by atoms with Crippen LogP contribution in [-0.2, 0) is 0 Å². The molecule has 0 aromatic rings. The van der Waals surface area contributed by atoms with Crippen molar-refractivity contribution in [2.45, 2.75) is 89.8 Å². The average molecular weight is 266 g/mol. The highest BCUT2D eigenvalue weighted by molar-refractivity contribution is 4.90. The van der Waals surface area contributed by atoms with Crippen LogP contribution in [0.15, 0.2) is 0 Å². The predicted molar refractivity (Wildman–Crippen MR) is 83.5 cm³/mol. The molecule has 2 unspecified atom stereocenters. The lowest BCUT2D eigenvalue weighted by Crippen LogP contribution is -2.54. The monoisotopic (exact) mass is 266 g/mol. The van der Waals surface area contributed by atoms with E-state index in [0.717, 1.165) is 24.0 Å². The van der Waals surface area contributed by atoms with Crippen molar-refractivity contribution in [3.8, 4) is 0 Å². The molecule has 0 heterocycles. The van der Waals surface area contributed by atoms with Gasteiger partial charge < -0.3 is 5.32 Å². The number of hydrogen-bond donors (Lipinski definition) is 1. The molecular formula is C17H34N2. The van der Waals surface area contributed by atoms with Gasteiger partial charge in [-0.3, -0.25) is 4.90 Å².